The highest BCUT2D eigenvalue weighted by Gasteiger charge is 2.08. The molecule has 0 N–H and O–H groups in total. The van der Waals surface area contributed by atoms with Crippen molar-refractivity contribution in [2.45, 2.75) is 12.5 Å². The topological polar surface area (TPSA) is 39.9 Å². The lowest BCUT2D eigenvalue weighted by atomic mass is 10.2. The van der Waals surface area contributed by atoms with Crippen LogP contribution < -0.4 is 4.74 Å². The molecular weight excluding hydrogens is 261 g/mol. The number of halogens is 2. The Hall–Kier alpha value is -1.26. The van der Waals surface area contributed by atoms with Crippen molar-refractivity contribution in [1.29, 1.82) is 0 Å². The van der Waals surface area contributed by atoms with Crippen LogP contribution >= 0.6 is 23.2 Å². The van der Waals surface area contributed by atoms with Crippen LogP contribution in [0, 0.1) is 0 Å². The van der Waals surface area contributed by atoms with Crippen LogP contribution in [0.4, 0.5) is 0 Å². The molecule has 2 aromatic rings. The average molecular weight is 272 g/mol. The van der Waals surface area contributed by atoms with Crippen molar-refractivity contribution < 1.29 is 4.74 Å². The molecule has 1 aromatic carbocycles. The third kappa shape index (κ3) is 2.70. The monoisotopic (exact) mass is 271 g/mol. The van der Waals surface area contributed by atoms with E-state index in [4.69, 9.17) is 27.9 Å². The Morgan fingerprint density at radius 1 is 1.41 bits per heavy atom. The summed E-state index contributed by atoms with van der Waals surface area (Å²) in [6.07, 6.45) is 1.49. The molecule has 2 rings (SSSR count). The van der Waals surface area contributed by atoms with Crippen molar-refractivity contribution in [3.8, 4) is 5.75 Å². The third-order valence-corrected chi connectivity index (χ3v) is 2.99. The van der Waals surface area contributed by atoms with Gasteiger partial charge in [-0.1, -0.05) is 17.7 Å². The summed E-state index contributed by atoms with van der Waals surface area (Å²) in [6, 6.07) is 5.44. The maximum atomic E-state index is 6.02. The number of nitrogens with zero attached hydrogens (tertiary/aromatic N) is 3. The second-order valence-corrected chi connectivity index (χ2v) is 4.11. The molecule has 0 radical (unpaired) electrons. The zero-order valence-electron chi connectivity index (χ0n) is 9.23. The summed E-state index contributed by atoms with van der Waals surface area (Å²) in [6.45, 7) is 0.334. The standard InChI is InChI=1S/C11H11Cl2N3O/c1-16-11(14-7-15-16)6-17-10-4-2-3-9(13)8(10)5-12/h2-4,7H,5-6H2,1H3. The van der Waals surface area contributed by atoms with Gasteiger partial charge in [0.1, 0.15) is 18.7 Å². The molecule has 0 aliphatic rings. The molecule has 0 spiro atoms. The number of benzene rings is 1. The first-order chi connectivity index (χ1) is 8.22. The van der Waals surface area contributed by atoms with Crippen molar-refractivity contribution in [2.24, 2.45) is 7.05 Å². The molecule has 0 fully saturated rings. The second-order valence-electron chi connectivity index (χ2n) is 3.44. The summed E-state index contributed by atoms with van der Waals surface area (Å²) in [7, 11) is 1.81. The maximum absolute atomic E-state index is 6.02. The van der Waals surface area contributed by atoms with Gasteiger partial charge in [-0.15, -0.1) is 11.6 Å². The number of aromatic nitrogens is 3. The third-order valence-electron chi connectivity index (χ3n) is 2.37. The van der Waals surface area contributed by atoms with Crippen LogP contribution in [0.2, 0.25) is 5.02 Å². The summed E-state index contributed by atoms with van der Waals surface area (Å²) >= 11 is 11.9. The van der Waals surface area contributed by atoms with Gasteiger partial charge in [0.2, 0.25) is 0 Å². The summed E-state index contributed by atoms with van der Waals surface area (Å²) in [5, 5.41) is 4.57. The van der Waals surface area contributed by atoms with E-state index in [1.807, 2.05) is 19.2 Å². The van der Waals surface area contributed by atoms with E-state index >= 15 is 0 Å². The Kier molecular flexibility index (Phi) is 3.86. The van der Waals surface area contributed by atoms with Gasteiger partial charge >= 0.3 is 0 Å². The van der Waals surface area contributed by atoms with Crippen LogP contribution in [0.5, 0.6) is 5.75 Å². The zero-order chi connectivity index (χ0) is 12.3. The minimum atomic E-state index is 0.313. The number of ether oxygens (including phenoxy) is 1. The Labute approximate surface area is 109 Å². The molecule has 0 atom stereocenters. The summed E-state index contributed by atoms with van der Waals surface area (Å²) in [5.41, 5.74) is 0.790. The van der Waals surface area contributed by atoms with Crippen molar-refractivity contribution in [2.75, 3.05) is 0 Å². The molecule has 0 aliphatic heterocycles. The van der Waals surface area contributed by atoms with E-state index < -0.39 is 0 Å². The normalized spacial score (nSPS) is 10.5. The highest BCUT2D eigenvalue weighted by molar-refractivity contribution is 6.32. The molecule has 0 aliphatic carbocycles. The lowest BCUT2D eigenvalue weighted by Gasteiger charge is -2.10. The number of hydrogen-bond donors (Lipinski definition) is 0. The smallest absolute Gasteiger partial charge is 0.164 e. The van der Waals surface area contributed by atoms with Crippen molar-refractivity contribution in [3.63, 3.8) is 0 Å². The van der Waals surface area contributed by atoms with Gasteiger partial charge < -0.3 is 4.74 Å². The van der Waals surface area contributed by atoms with Gasteiger partial charge in [-0.2, -0.15) is 5.10 Å². The SMILES string of the molecule is Cn1ncnc1COc1cccc(Cl)c1CCl. The highest BCUT2D eigenvalue weighted by Crippen LogP contribution is 2.28. The van der Waals surface area contributed by atoms with Crippen molar-refractivity contribution in [3.05, 3.63) is 40.9 Å². The number of alkyl halides is 1. The van der Waals surface area contributed by atoms with E-state index in [-0.39, 0.29) is 0 Å². The van der Waals surface area contributed by atoms with E-state index in [0.29, 0.717) is 23.3 Å². The van der Waals surface area contributed by atoms with Gasteiger partial charge in [-0.05, 0) is 12.1 Å². The molecular formula is C11H11Cl2N3O. The maximum Gasteiger partial charge on any atom is 0.164 e. The van der Waals surface area contributed by atoms with Gasteiger partial charge in [-0.25, -0.2) is 4.98 Å². The fourth-order valence-corrected chi connectivity index (χ4v) is 1.97. The predicted octanol–water partition coefficient (Wildman–Crippen LogP) is 2.79. The number of aryl methyl sites for hydroxylation is 1. The van der Waals surface area contributed by atoms with Crippen LogP contribution in [0.1, 0.15) is 11.4 Å². The average Bonchev–Trinajstić information content (AvgIpc) is 2.72. The predicted molar refractivity (Wildman–Crippen MR) is 66.3 cm³/mol. The van der Waals surface area contributed by atoms with Crippen LogP contribution in [0.25, 0.3) is 0 Å². The molecule has 6 heteroatoms. The van der Waals surface area contributed by atoms with Gasteiger partial charge in [-0.3, -0.25) is 4.68 Å². The lowest BCUT2D eigenvalue weighted by Crippen LogP contribution is -2.05. The molecule has 0 saturated heterocycles. The largest absolute Gasteiger partial charge is 0.485 e. The van der Waals surface area contributed by atoms with Crippen LogP contribution in [-0.4, -0.2) is 14.8 Å². The first-order valence-corrected chi connectivity index (χ1v) is 5.92. The van der Waals surface area contributed by atoms with E-state index in [2.05, 4.69) is 10.1 Å². The van der Waals surface area contributed by atoms with E-state index in [0.717, 1.165) is 11.4 Å². The van der Waals surface area contributed by atoms with E-state index in [1.54, 1.807) is 10.7 Å². The summed E-state index contributed by atoms with van der Waals surface area (Å²) < 4.78 is 7.30. The number of rotatable bonds is 4. The van der Waals surface area contributed by atoms with Crippen molar-refractivity contribution in [1.82, 2.24) is 14.8 Å². The molecule has 17 heavy (non-hydrogen) atoms. The molecule has 0 bridgehead atoms. The van der Waals surface area contributed by atoms with Crippen LogP contribution in [0.3, 0.4) is 0 Å². The van der Waals surface area contributed by atoms with Crippen molar-refractivity contribution >= 4 is 23.2 Å². The molecule has 0 saturated carbocycles. The first-order valence-electron chi connectivity index (χ1n) is 5.01. The quantitative estimate of drug-likeness (QED) is 0.803. The Bertz CT molecular complexity index is 513. The van der Waals surface area contributed by atoms with Gasteiger partial charge in [0.25, 0.3) is 0 Å². The van der Waals surface area contributed by atoms with Gasteiger partial charge in [0.15, 0.2) is 5.82 Å². The lowest BCUT2D eigenvalue weighted by molar-refractivity contribution is 0.287. The highest BCUT2D eigenvalue weighted by atomic mass is 35.5. The fourth-order valence-electron chi connectivity index (χ4n) is 1.40. The Morgan fingerprint density at radius 2 is 2.24 bits per heavy atom. The summed E-state index contributed by atoms with van der Waals surface area (Å²) in [4.78, 5) is 4.07. The second kappa shape index (κ2) is 5.38. The summed E-state index contributed by atoms with van der Waals surface area (Å²) in [5.74, 6) is 1.73. The van der Waals surface area contributed by atoms with E-state index in [9.17, 15) is 0 Å². The van der Waals surface area contributed by atoms with Gasteiger partial charge in [0, 0.05) is 17.6 Å². The van der Waals surface area contributed by atoms with Gasteiger partial charge in [0.05, 0.1) is 5.88 Å². The minimum Gasteiger partial charge on any atom is -0.485 e. The molecule has 1 heterocycles. The Morgan fingerprint density at radius 3 is 2.88 bits per heavy atom. The molecule has 90 valence electrons. The van der Waals surface area contributed by atoms with E-state index in [1.165, 1.54) is 6.33 Å². The minimum absolute atomic E-state index is 0.313. The van der Waals surface area contributed by atoms with Crippen LogP contribution in [0.15, 0.2) is 24.5 Å². The van der Waals surface area contributed by atoms with Crippen LogP contribution in [-0.2, 0) is 19.5 Å². The number of hydrogen-bond acceptors (Lipinski definition) is 3. The first kappa shape index (κ1) is 12.2. The fraction of sp³-hybridized carbons (Fsp3) is 0.273. The molecule has 4 nitrogen and oxygen atoms in total. The zero-order valence-corrected chi connectivity index (χ0v) is 10.7. The molecule has 0 amide bonds. The molecule has 1 aromatic heterocycles. The Balaban J connectivity index is 2.14. The molecule has 0 unspecified atom stereocenters.